The topological polar surface area (TPSA) is 119 Å². The second-order valence-corrected chi connectivity index (χ2v) is 7.08. The maximum Gasteiger partial charge on any atom is 0.338 e. The lowest BCUT2D eigenvalue weighted by molar-refractivity contribution is 0.0697. The highest BCUT2D eigenvalue weighted by molar-refractivity contribution is 5.87. The number of aromatic carboxylic acids is 1. The molecule has 154 valence electrons. The van der Waals surface area contributed by atoms with E-state index >= 15 is 0 Å². The van der Waals surface area contributed by atoms with E-state index in [4.69, 9.17) is 5.11 Å². The number of benzene rings is 2. The molecule has 0 saturated carbocycles. The van der Waals surface area contributed by atoms with Gasteiger partial charge in [-0.3, -0.25) is 9.78 Å². The van der Waals surface area contributed by atoms with Gasteiger partial charge in [0, 0.05) is 6.20 Å². The second-order valence-electron chi connectivity index (χ2n) is 7.08. The van der Waals surface area contributed by atoms with Gasteiger partial charge in [0.05, 0.1) is 17.8 Å². The van der Waals surface area contributed by atoms with E-state index in [2.05, 4.69) is 20.2 Å². The number of hydrogen-bond acceptors (Lipinski definition) is 5. The van der Waals surface area contributed by atoms with Gasteiger partial charge in [0.2, 0.25) is 5.95 Å². The molecule has 0 aliphatic rings. The Morgan fingerprint density at radius 3 is 2.71 bits per heavy atom. The molecule has 5 rings (SSSR count). The number of rotatable bonds is 4. The van der Waals surface area contributed by atoms with Gasteiger partial charge in [0.1, 0.15) is 0 Å². The molecule has 0 aliphatic heterocycles. The molecule has 2 aromatic carbocycles. The number of aromatic amines is 1. The highest BCUT2D eigenvalue weighted by atomic mass is 19.1. The molecule has 0 fully saturated rings. The molecule has 31 heavy (non-hydrogen) atoms. The first-order valence-corrected chi connectivity index (χ1v) is 9.37. The van der Waals surface area contributed by atoms with E-state index in [1.165, 1.54) is 10.9 Å². The lowest BCUT2D eigenvalue weighted by Gasteiger charge is -2.14. The van der Waals surface area contributed by atoms with Crippen molar-refractivity contribution in [1.82, 2.24) is 29.5 Å². The van der Waals surface area contributed by atoms with Gasteiger partial charge in [-0.1, -0.05) is 36.4 Å². The number of carboxylic acids is 1. The maximum absolute atomic E-state index is 14.7. The third kappa shape index (κ3) is 3.05. The molecular formula is C21H15FN6O3. The van der Waals surface area contributed by atoms with Crippen LogP contribution < -0.4 is 5.56 Å². The number of carbonyl (C=O) groups is 1. The van der Waals surface area contributed by atoms with Gasteiger partial charge in [-0.2, -0.15) is 9.49 Å². The first-order chi connectivity index (χ1) is 14.9. The Hall–Kier alpha value is -4.34. The van der Waals surface area contributed by atoms with Crippen LogP contribution >= 0.6 is 0 Å². The van der Waals surface area contributed by atoms with Crippen LogP contribution in [0.4, 0.5) is 4.39 Å². The summed E-state index contributed by atoms with van der Waals surface area (Å²) in [5.74, 6) is -2.19. The van der Waals surface area contributed by atoms with Crippen LogP contribution in [0.5, 0.6) is 0 Å². The average molecular weight is 418 g/mol. The van der Waals surface area contributed by atoms with Crippen molar-refractivity contribution in [2.24, 2.45) is 0 Å². The summed E-state index contributed by atoms with van der Waals surface area (Å²) in [7, 11) is 0. The summed E-state index contributed by atoms with van der Waals surface area (Å²) in [6, 6.07) is 13.3. The van der Waals surface area contributed by atoms with Crippen molar-refractivity contribution in [2.75, 3.05) is 0 Å². The average Bonchev–Trinajstić information content (AvgIpc) is 3.39. The summed E-state index contributed by atoms with van der Waals surface area (Å²) in [4.78, 5) is 30.5. The molecule has 5 aromatic rings. The quantitative estimate of drug-likeness (QED) is 0.463. The molecule has 0 saturated heterocycles. The van der Waals surface area contributed by atoms with Crippen molar-refractivity contribution >= 4 is 27.8 Å². The van der Waals surface area contributed by atoms with E-state index in [0.29, 0.717) is 0 Å². The van der Waals surface area contributed by atoms with Crippen molar-refractivity contribution in [3.63, 3.8) is 0 Å². The zero-order valence-electron chi connectivity index (χ0n) is 16.2. The van der Waals surface area contributed by atoms with Gasteiger partial charge < -0.3 is 5.11 Å². The molecule has 9 nitrogen and oxygen atoms in total. The molecule has 3 heterocycles. The SMILES string of the molecule is C[C@@H](c1ccc2ccccc2c1)n1nc(F)c2nc(-n3cc(C(=O)O)cn3)[nH]c(=O)c21. The number of fused-ring (bicyclic) bond motifs is 2. The Bertz CT molecular complexity index is 1530. The lowest BCUT2D eigenvalue weighted by Crippen LogP contribution is -2.18. The molecule has 0 unspecified atom stereocenters. The number of carboxylic acid groups (broad SMARTS) is 1. The van der Waals surface area contributed by atoms with Crippen LogP contribution in [-0.2, 0) is 0 Å². The summed E-state index contributed by atoms with van der Waals surface area (Å²) in [6.07, 6.45) is 2.28. The van der Waals surface area contributed by atoms with Crippen molar-refractivity contribution in [2.45, 2.75) is 13.0 Å². The predicted molar refractivity (Wildman–Crippen MR) is 110 cm³/mol. The number of nitrogens with zero attached hydrogens (tertiary/aromatic N) is 5. The summed E-state index contributed by atoms with van der Waals surface area (Å²) < 4.78 is 17.0. The number of H-pyrrole nitrogens is 1. The van der Waals surface area contributed by atoms with Crippen molar-refractivity contribution in [3.8, 4) is 5.95 Å². The van der Waals surface area contributed by atoms with Crippen LogP contribution in [0, 0.1) is 5.95 Å². The monoisotopic (exact) mass is 418 g/mol. The molecule has 0 spiro atoms. The summed E-state index contributed by atoms with van der Waals surface area (Å²) >= 11 is 0. The Morgan fingerprint density at radius 2 is 1.97 bits per heavy atom. The minimum Gasteiger partial charge on any atom is -0.478 e. The maximum atomic E-state index is 14.7. The highest BCUT2D eigenvalue weighted by Gasteiger charge is 2.22. The van der Waals surface area contributed by atoms with E-state index in [1.54, 1.807) is 0 Å². The van der Waals surface area contributed by atoms with E-state index < -0.39 is 23.5 Å². The normalized spacial score (nSPS) is 12.5. The van der Waals surface area contributed by atoms with Crippen LogP contribution in [0.3, 0.4) is 0 Å². The van der Waals surface area contributed by atoms with E-state index in [-0.39, 0.29) is 22.5 Å². The van der Waals surface area contributed by atoms with Crippen LogP contribution in [-0.4, -0.2) is 40.6 Å². The fraction of sp³-hybridized carbons (Fsp3) is 0.0952. The van der Waals surface area contributed by atoms with Gasteiger partial charge in [-0.05, 0) is 29.3 Å². The lowest BCUT2D eigenvalue weighted by atomic mass is 10.0. The number of halogens is 1. The zero-order chi connectivity index (χ0) is 21.7. The first-order valence-electron chi connectivity index (χ1n) is 9.37. The third-order valence-corrected chi connectivity index (χ3v) is 5.17. The fourth-order valence-electron chi connectivity index (χ4n) is 3.55. The Balaban J connectivity index is 1.62. The molecule has 0 aliphatic carbocycles. The Morgan fingerprint density at radius 1 is 1.19 bits per heavy atom. The van der Waals surface area contributed by atoms with Gasteiger partial charge >= 0.3 is 5.97 Å². The van der Waals surface area contributed by atoms with Gasteiger partial charge in [0.25, 0.3) is 11.5 Å². The molecule has 0 radical (unpaired) electrons. The largest absolute Gasteiger partial charge is 0.478 e. The molecule has 1 atom stereocenters. The van der Waals surface area contributed by atoms with Crippen molar-refractivity contribution in [1.29, 1.82) is 0 Å². The number of nitrogens with one attached hydrogen (secondary N) is 1. The van der Waals surface area contributed by atoms with E-state index in [1.807, 2.05) is 49.4 Å². The molecule has 0 amide bonds. The Labute approximate surface area is 173 Å². The van der Waals surface area contributed by atoms with Crippen molar-refractivity contribution in [3.05, 3.63) is 82.3 Å². The van der Waals surface area contributed by atoms with Crippen LogP contribution in [0.25, 0.3) is 27.8 Å². The summed E-state index contributed by atoms with van der Waals surface area (Å²) in [6.45, 7) is 1.82. The minimum atomic E-state index is -1.18. The molecular weight excluding hydrogens is 403 g/mol. The van der Waals surface area contributed by atoms with Gasteiger partial charge in [-0.25, -0.2) is 19.1 Å². The van der Waals surface area contributed by atoms with Crippen LogP contribution in [0.1, 0.15) is 28.9 Å². The summed E-state index contributed by atoms with van der Waals surface area (Å²) in [5, 5.41) is 18.9. The molecule has 0 bridgehead atoms. The van der Waals surface area contributed by atoms with Crippen LogP contribution in [0.15, 0.2) is 59.7 Å². The van der Waals surface area contributed by atoms with Gasteiger partial charge in [0.15, 0.2) is 11.0 Å². The van der Waals surface area contributed by atoms with Gasteiger partial charge in [-0.15, -0.1) is 5.10 Å². The third-order valence-electron chi connectivity index (χ3n) is 5.17. The predicted octanol–water partition coefficient (Wildman–Crippen LogP) is 2.91. The molecule has 10 heteroatoms. The number of aromatic nitrogens is 6. The van der Waals surface area contributed by atoms with Crippen molar-refractivity contribution < 1.29 is 14.3 Å². The Kier molecular flexibility index (Phi) is 4.14. The van der Waals surface area contributed by atoms with E-state index in [0.717, 1.165) is 27.2 Å². The molecule has 3 aromatic heterocycles. The van der Waals surface area contributed by atoms with Crippen LogP contribution in [0.2, 0.25) is 0 Å². The highest BCUT2D eigenvalue weighted by Crippen LogP contribution is 2.25. The smallest absolute Gasteiger partial charge is 0.338 e. The molecule has 2 N–H and O–H groups in total. The zero-order valence-corrected chi connectivity index (χ0v) is 16.2. The second kappa shape index (κ2) is 6.87. The fourth-order valence-corrected chi connectivity index (χ4v) is 3.55. The van der Waals surface area contributed by atoms with E-state index in [9.17, 15) is 14.0 Å². The first kappa shape index (κ1) is 18.7. The standard InChI is InChI=1S/C21H15FN6O3/c1-11(13-7-6-12-4-2-3-5-14(12)8-13)28-17-16(18(22)26-28)24-21(25-19(17)29)27-10-15(9-23-27)20(30)31/h2-11H,1H3,(H,30,31)(H,24,25,29)/t11-/m0/s1. The minimum absolute atomic E-state index is 0.0208. The summed E-state index contributed by atoms with van der Waals surface area (Å²) in [5.41, 5.74) is -0.101. The number of hydrogen-bond donors (Lipinski definition) is 2.